The summed E-state index contributed by atoms with van der Waals surface area (Å²) in [6.07, 6.45) is 3.15. The van der Waals surface area contributed by atoms with Gasteiger partial charge in [-0.2, -0.15) is 0 Å². The van der Waals surface area contributed by atoms with Gasteiger partial charge in [-0.3, -0.25) is 14.3 Å². The third-order valence-corrected chi connectivity index (χ3v) is 3.21. The summed E-state index contributed by atoms with van der Waals surface area (Å²) in [5.41, 5.74) is 1.16. The molecule has 0 spiro atoms. The van der Waals surface area contributed by atoms with Crippen molar-refractivity contribution in [3.63, 3.8) is 0 Å². The van der Waals surface area contributed by atoms with Crippen molar-refractivity contribution in [3.8, 4) is 5.88 Å². The van der Waals surface area contributed by atoms with E-state index in [1.807, 2.05) is 13.0 Å². The molecule has 8 heteroatoms. The molecule has 0 unspecified atom stereocenters. The first-order chi connectivity index (χ1) is 10.9. The predicted molar refractivity (Wildman–Crippen MR) is 84.3 cm³/mol. The number of aromatic nitrogens is 3. The fraction of sp³-hybridized carbons (Fsp3) is 0.333. The Morgan fingerprint density at radius 3 is 2.83 bits per heavy atom. The fourth-order valence-electron chi connectivity index (χ4n) is 2.05. The summed E-state index contributed by atoms with van der Waals surface area (Å²) in [7, 11) is 4.67. The first kappa shape index (κ1) is 16.5. The van der Waals surface area contributed by atoms with Crippen LogP contribution >= 0.6 is 0 Å². The van der Waals surface area contributed by atoms with Crippen molar-refractivity contribution in [2.75, 3.05) is 26.0 Å². The van der Waals surface area contributed by atoms with Crippen LogP contribution in [0.1, 0.15) is 15.9 Å². The van der Waals surface area contributed by atoms with Crippen molar-refractivity contribution in [2.24, 2.45) is 7.05 Å². The van der Waals surface area contributed by atoms with E-state index in [-0.39, 0.29) is 24.2 Å². The SMILES string of the molecule is COc1nn(C)cc1C(=O)N(C)CC(=O)Nc1ncccc1C. The number of carbonyl (C=O) groups excluding carboxylic acids is 2. The van der Waals surface area contributed by atoms with Crippen LogP contribution in [0, 0.1) is 6.92 Å². The smallest absolute Gasteiger partial charge is 0.261 e. The predicted octanol–water partition coefficient (Wildman–Crippen LogP) is 0.843. The van der Waals surface area contributed by atoms with Crippen molar-refractivity contribution in [1.29, 1.82) is 0 Å². The number of anilines is 1. The van der Waals surface area contributed by atoms with Crippen LogP contribution in [0.2, 0.25) is 0 Å². The number of carbonyl (C=O) groups is 2. The molecule has 0 aliphatic rings. The highest BCUT2D eigenvalue weighted by molar-refractivity contribution is 6.00. The largest absolute Gasteiger partial charge is 0.479 e. The number of nitrogens with one attached hydrogen (secondary N) is 1. The topological polar surface area (TPSA) is 89.4 Å². The van der Waals surface area contributed by atoms with E-state index < -0.39 is 0 Å². The Morgan fingerprint density at radius 1 is 1.43 bits per heavy atom. The fourth-order valence-corrected chi connectivity index (χ4v) is 2.05. The minimum Gasteiger partial charge on any atom is -0.479 e. The molecule has 1 N–H and O–H groups in total. The summed E-state index contributed by atoms with van der Waals surface area (Å²) >= 11 is 0. The van der Waals surface area contributed by atoms with E-state index in [4.69, 9.17) is 4.74 Å². The van der Waals surface area contributed by atoms with Gasteiger partial charge in [-0.05, 0) is 18.6 Å². The highest BCUT2D eigenvalue weighted by atomic mass is 16.5. The first-order valence-electron chi connectivity index (χ1n) is 6.97. The van der Waals surface area contributed by atoms with Gasteiger partial charge in [0.1, 0.15) is 11.4 Å². The average molecular weight is 317 g/mol. The van der Waals surface area contributed by atoms with E-state index in [1.54, 1.807) is 32.6 Å². The number of rotatable bonds is 5. The zero-order chi connectivity index (χ0) is 17.0. The normalized spacial score (nSPS) is 10.3. The quantitative estimate of drug-likeness (QED) is 0.883. The molecule has 2 heterocycles. The summed E-state index contributed by atoms with van der Waals surface area (Å²) < 4.78 is 6.55. The molecular formula is C15H19N5O3. The standard InChI is InChI=1S/C15H19N5O3/c1-10-6-5-7-16-13(10)17-12(21)9-19(2)15(22)11-8-20(3)18-14(11)23-4/h5-8H,9H2,1-4H3,(H,16,17,21). The van der Waals surface area contributed by atoms with Gasteiger partial charge >= 0.3 is 0 Å². The maximum Gasteiger partial charge on any atom is 0.261 e. The monoisotopic (exact) mass is 317 g/mol. The molecule has 0 saturated carbocycles. The Labute approximate surface area is 134 Å². The number of nitrogens with zero attached hydrogens (tertiary/aromatic N) is 4. The third kappa shape index (κ3) is 3.85. The van der Waals surface area contributed by atoms with E-state index in [9.17, 15) is 9.59 Å². The van der Waals surface area contributed by atoms with Crippen LogP contribution in [0.15, 0.2) is 24.5 Å². The molecule has 2 aromatic rings. The molecule has 0 fully saturated rings. The Hall–Kier alpha value is -2.90. The van der Waals surface area contributed by atoms with Gasteiger partial charge in [-0.1, -0.05) is 6.07 Å². The zero-order valence-corrected chi connectivity index (χ0v) is 13.5. The van der Waals surface area contributed by atoms with E-state index in [0.717, 1.165) is 5.56 Å². The minimum atomic E-state index is -0.345. The van der Waals surface area contributed by atoms with E-state index in [1.165, 1.54) is 16.7 Å². The lowest BCUT2D eigenvalue weighted by Crippen LogP contribution is -2.35. The summed E-state index contributed by atoms with van der Waals surface area (Å²) in [6, 6.07) is 3.63. The second kappa shape index (κ2) is 6.91. The molecule has 0 saturated heterocycles. The number of amides is 2. The minimum absolute atomic E-state index is 0.104. The van der Waals surface area contributed by atoms with Gasteiger partial charge in [0.25, 0.3) is 5.91 Å². The summed E-state index contributed by atoms with van der Waals surface area (Å²) in [6.45, 7) is 1.74. The van der Waals surface area contributed by atoms with Crippen LogP contribution in [-0.2, 0) is 11.8 Å². The Morgan fingerprint density at radius 2 is 2.17 bits per heavy atom. The highest BCUT2D eigenvalue weighted by Crippen LogP contribution is 2.16. The molecule has 0 aliphatic carbocycles. The van der Waals surface area contributed by atoms with Crippen LogP contribution < -0.4 is 10.1 Å². The maximum absolute atomic E-state index is 12.4. The van der Waals surface area contributed by atoms with Crippen molar-refractivity contribution >= 4 is 17.6 Å². The second-order valence-electron chi connectivity index (χ2n) is 5.10. The summed E-state index contributed by atoms with van der Waals surface area (Å²) in [5.74, 6) is 0.0379. The third-order valence-electron chi connectivity index (χ3n) is 3.21. The van der Waals surface area contributed by atoms with Gasteiger partial charge in [-0.15, -0.1) is 5.10 Å². The number of hydrogen-bond acceptors (Lipinski definition) is 5. The number of aryl methyl sites for hydroxylation is 2. The Bertz CT molecular complexity index is 726. The van der Waals surface area contributed by atoms with Crippen molar-refractivity contribution in [2.45, 2.75) is 6.92 Å². The van der Waals surface area contributed by atoms with E-state index in [2.05, 4.69) is 15.4 Å². The van der Waals surface area contributed by atoms with Crippen LogP contribution in [0.3, 0.4) is 0 Å². The van der Waals surface area contributed by atoms with Gasteiger partial charge in [0.05, 0.1) is 13.7 Å². The molecule has 23 heavy (non-hydrogen) atoms. The van der Waals surface area contributed by atoms with Gasteiger partial charge < -0.3 is 15.0 Å². The molecule has 0 radical (unpaired) electrons. The number of hydrogen-bond donors (Lipinski definition) is 1. The molecule has 0 aliphatic heterocycles. The summed E-state index contributed by atoms with van der Waals surface area (Å²) in [4.78, 5) is 29.9. The number of ether oxygens (including phenoxy) is 1. The lowest BCUT2D eigenvalue weighted by atomic mass is 10.3. The summed E-state index contributed by atoms with van der Waals surface area (Å²) in [5, 5.41) is 6.71. The lowest BCUT2D eigenvalue weighted by Gasteiger charge is -2.16. The Balaban J connectivity index is 2.03. The number of pyridine rings is 1. The van der Waals surface area contributed by atoms with E-state index in [0.29, 0.717) is 11.4 Å². The van der Waals surface area contributed by atoms with Crippen LogP contribution in [0.25, 0.3) is 0 Å². The van der Waals surface area contributed by atoms with Gasteiger partial charge in [0.15, 0.2) is 0 Å². The maximum atomic E-state index is 12.4. The van der Waals surface area contributed by atoms with Gasteiger partial charge in [0.2, 0.25) is 11.8 Å². The molecule has 0 aromatic carbocycles. The van der Waals surface area contributed by atoms with E-state index >= 15 is 0 Å². The lowest BCUT2D eigenvalue weighted by molar-refractivity contribution is -0.116. The molecular weight excluding hydrogens is 298 g/mol. The molecule has 0 bridgehead atoms. The average Bonchev–Trinajstić information content (AvgIpc) is 2.89. The molecule has 2 amide bonds. The van der Waals surface area contributed by atoms with Crippen LogP contribution in [-0.4, -0.2) is 52.2 Å². The van der Waals surface area contributed by atoms with Gasteiger partial charge in [-0.25, -0.2) is 4.98 Å². The second-order valence-corrected chi connectivity index (χ2v) is 5.10. The van der Waals surface area contributed by atoms with Crippen LogP contribution in [0.5, 0.6) is 5.88 Å². The van der Waals surface area contributed by atoms with Crippen LogP contribution in [0.4, 0.5) is 5.82 Å². The highest BCUT2D eigenvalue weighted by Gasteiger charge is 2.21. The van der Waals surface area contributed by atoms with Crippen molar-refractivity contribution in [1.82, 2.24) is 19.7 Å². The van der Waals surface area contributed by atoms with Gasteiger partial charge in [0, 0.05) is 26.5 Å². The Kier molecular flexibility index (Phi) is 4.95. The molecule has 2 rings (SSSR count). The zero-order valence-electron chi connectivity index (χ0n) is 13.5. The molecule has 122 valence electrons. The number of methoxy groups -OCH3 is 1. The molecule has 8 nitrogen and oxygen atoms in total. The van der Waals surface area contributed by atoms with Crippen molar-refractivity contribution in [3.05, 3.63) is 35.7 Å². The van der Waals surface area contributed by atoms with Crippen molar-refractivity contribution < 1.29 is 14.3 Å². The number of likely N-dealkylation sites (N-methyl/N-ethyl adjacent to an activating group) is 1. The molecule has 0 atom stereocenters. The first-order valence-corrected chi connectivity index (χ1v) is 6.97. The molecule has 2 aromatic heterocycles.